The Hall–Kier alpha value is -3.28. The summed E-state index contributed by atoms with van der Waals surface area (Å²) in [6, 6.07) is 5.44. The fraction of sp³-hybridized carbons (Fsp3) is 0.630. The second-order valence-corrected chi connectivity index (χ2v) is 11.5. The smallest absolute Gasteiger partial charge is 0.408 e. The third-order valence-corrected chi connectivity index (χ3v) is 6.55. The molecule has 2 amide bonds. The van der Waals surface area contributed by atoms with Crippen molar-refractivity contribution in [3.63, 3.8) is 0 Å². The zero-order valence-corrected chi connectivity index (χ0v) is 22.0. The molecule has 0 saturated carbocycles. The molecule has 2 saturated heterocycles. The van der Waals surface area contributed by atoms with Crippen LogP contribution in [0.15, 0.2) is 18.2 Å². The van der Waals surface area contributed by atoms with Crippen LogP contribution in [0, 0.1) is 11.3 Å². The van der Waals surface area contributed by atoms with Crippen molar-refractivity contribution in [2.24, 2.45) is 0 Å². The van der Waals surface area contributed by atoms with Crippen molar-refractivity contribution in [1.82, 2.24) is 9.80 Å². The maximum atomic E-state index is 13.1. The molecule has 3 atom stereocenters. The number of likely N-dealkylation sites (tertiary alicyclic amines) is 2. The number of carbonyl (C=O) groups is 3. The van der Waals surface area contributed by atoms with Gasteiger partial charge in [0.2, 0.25) is 5.91 Å². The van der Waals surface area contributed by atoms with Crippen molar-refractivity contribution in [3.05, 3.63) is 29.3 Å². The molecule has 2 fully saturated rings. The van der Waals surface area contributed by atoms with Crippen LogP contribution in [0.3, 0.4) is 0 Å². The van der Waals surface area contributed by atoms with Crippen LogP contribution >= 0.6 is 0 Å². The Morgan fingerprint density at radius 1 is 1.11 bits per heavy atom. The molecule has 0 spiro atoms. The largest absolute Gasteiger partial charge is 0.491 e. The number of ether oxygens (including phenoxy) is 2. The molecule has 0 radical (unpaired) electrons. The van der Waals surface area contributed by atoms with Crippen LogP contribution in [-0.2, 0) is 14.9 Å². The minimum Gasteiger partial charge on any atom is -0.491 e. The van der Waals surface area contributed by atoms with Crippen molar-refractivity contribution >= 4 is 18.0 Å². The lowest BCUT2D eigenvalue weighted by Gasteiger charge is -2.31. The van der Waals surface area contributed by atoms with Gasteiger partial charge in [0.05, 0.1) is 17.7 Å². The highest BCUT2D eigenvalue weighted by Crippen LogP contribution is 2.34. The predicted octanol–water partition coefficient (Wildman–Crippen LogP) is 4.34. The monoisotopic (exact) mass is 499 g/mol. The van der Waals surface area contributed by atoms with Crippen molar-refractivity contribution < 1.29 is 29.0 Å². The van der Waals surface area contributed by atoms with E-state index in [0.717, 1.165) is 12.0 Å². The van der Waals surface area contributed by atoms with E-state index in [1.165, 1.54) is 9.80 Å². The lowest BCUT2D eigenvalue weighted by atomic mass is 9.85. The van der Waals surface area contributed by atoms with Crippen LogP contribution in [-0.4, -0.2) is 69.8 Å². The second kappa shape index (κ2) is 10.4. The van der Waals surface area contributed by atoms with Crippen molar-refractivity contribution in [1.29, 1.82) is 5.26 Å². The molecule has 9 heteroatoms. The van der Waals surface area contributed by atoms with Gasteiger partial charge in [-0.25, -0.2) is 9.59 Å². The van der Waals surface area contributed by atoms with E-state index in [1.54, 1.807) is 18.2 Å². The van der Waals surface area contributed by atoms with Gasteiger partial charge in [-0.05, 0) is 70.1 Å². The van der Waals surface area contributed by atoms with Gasteiger partial charge in [0.25, 0.3) is 0 Å². The van der Waals surface area contributed by atoms with Gasteiger partial charge in [-0.3, -0.25) is 9.69 Å². The zero-order chi connectivity index (χ0) is 26.8. The average Bonchev–Trinajstić information content (AvgIpc) is 3.42. The van der Waals surface area contributed by atoms with E-state index in [9.17, 15) is 24.8 Å². The molecule has 0 aliphatic carbocycles. The first kappa shape index (κ1) is 27.3. The van der Waals surface area contributed by atoms with E-state index in [1.807, 2.05) is 41.5 Å². The first-order valence-electron chi connectivity index (χ1n) is 12.4. The SMILES string of the molecule is CC(C)(C)OC(=O)c1ccc(OCC2CCC(C(=O)N3CCCC3C#N)N2C(=O)O)c(C(C)(C)C)c1. The topological polar surface area (TPSA) is 120 Å². The summed E-state index contributed by atoms with van der Waals surface area (Å²) >= 11 is 0. The molecule has 2 aliphatic rings. The first-order chi connectivity index (χ1) is 16.7. The number of nitrogens with zero attached hydrogens (tertiary/aromatic N) is 3. The van der Waals surface area contributed by atoms with Crippen molar-refractivity contribution in [2.45, 2.75) is 96.4 Å². The fourth-order valence-electron chi connectivity index (χ4n) is 4.83. The van der Waals surface area contributed by atoms with E-state index >= 15 is 0 Å². The lowest BCUT2D eigenvalue weighted by molar-refractivity contribution is -0.135. The number of nitriles is 1. The summed E-state index contributed by atoms with van der Waals surface area (Å²) < 4.78 is 11.6. The van der Waals surface area contributed by atoms with Crippen LogP contribution < -0.4 is 4.74 Å². The summed E-state index contributed by atoms with van der Waals surface area (Å²) in [6.07, 6.45) is 1.05. The lowest BCUT2D eigenvalue weighted by Crippen LogP contribution is -2.51. The second-order valence-electron chi connectivity index (χ2n) is 11.5. The summed E-state index contributed by atoms with van der Waals surface area (Å²) in [7, 11) is 0. The van der Waals surface area contributed by atoms with E-state index in [0.29, 0.717) is 37.1 Å². The van der Waals surface area contributed by atoms with Gasteiger partial charge >= 0.3 is 12.1 Å². The van der Waals surface area contributed by atoms with Crippen LogP contribution in [0.25, 0.3) is 0 Å². The molecular weight excluding hydrogens is 462 g/mol. The van der Waals surface area contributed by atoms with Gasteiger partial charge in [-0.1, -0.05) is 20.8 Å². The quantitative estimate of drug-likeness (QED) is 0.598. The van der Waals surface area contributed by atoms with Crippen molar-refractivity contribution in [2.75, 3.05) is 13.2 Å². The summed E-state index contributed by atoms with van der Waals surface area (Å²) in [4.78, 5) is 40.6. The number of esters is 1. The molecule has 1 aromatic rings. The van der Waals surface area contributed by atoms with E-state index in [4.69, 9.17) is 9.47 Å². The molecule has 0 bridgehead atoms. The molecule has 1 aromatic carbocycles. The molecule has 1 N–H and O–H groups in total. The number of hydrogen-bond acceptors (Lipinski definition) is 6. The predicted molar refractivity (Wildman–Crippen MR) is 133 cm³/mol. The van der Waals surface area contributed by atoms with Gasteiger partial charge in [0.15, 0.2) is 0 Å². The van der Waals surface area contributed by atoms with Gasteiger partial charge in [-0.15, -0.1) is 0 Å². The van der Waals surface area contributed by atoms with Crippen molar-refractivity contribution in [3.8, 4) is 11.8 Å². The highest BCUT2D eigenvalue weighted by Gasteiger charge is 2.45. The Bertz CT molecular complexity index is 1050. The molecule has 3 unspecified atom stereocenters. The van der Waals surface area contributed by atoms with E-state index in [-0.39, 0.29) is 17.9 Å². The minimum absolute atomic E-state index is 0.0760. The normalized spacial score (nSPS) is 22.3. The molecule has 9 nitrogen and oxygen atoms in total. The van der Waals surface area contributed by atoms with Crippen LogP contribution in [0.2, 0.25) is 0 Å². The molecular formula is C27H37N3O6. The minimum atomic E-state index is -1.18. The molecule has 196 valence electrons. The first-order valence-corrected chi connectivity index (χ1v) is 12.4. The Labute approximate surface area is 213 Å². The number of rotatable bonds is 5. The summed E-state index contributed by atoms with van der Waals surface area (Å²) in [5, 5.41) is 19.3. The van der Waals surface area contributed by atoms with Gasteiger partial charge in [-0.2, -0.15) is 5.26 Å². The molecule has 2 heterocycles. The number of carbonyl (C=O) groups excluding carboxylic acids is 2. The zero-order valence-electron chi connectivity index (χ0n) is 22.0. The number of benzene rings is 1. The Morgan fingerprint density at radius 3 is 2.39 bits per heavy atom. The molecule has 2 aliphatic heterocycles. The molecule has 0 aromatic heterocycles. The highest BCUT2D eigenvalue weighted by atomic mass is 16.6. The highest BCUT2D eigenvalue weighted by molar-refractivity contribution is 5.90. The third kappa shape index (κ3) is 6.10. The molecule has 36 heavy (non-hydrogen) atoms. The fourth-order valence-corrected chi connectivity index (χ4v) is 4.83. The van der Waals surface area contributed by atoms with Crippen LogP contribution in [0.4, 0.5) is 4.79 Å². The van der Waals surface area contributed by atoms with Gasteiger partial charge in [0.1, 0.15) is 30.0 Å². The number of hydrogen-bond donors (Lipinski definition) is 1. The maximum Gasteiger partial charge on any atom is 0.408 e. The Balaban J connectivity index is 1.77. The maximum absolute atomic E-state index is 13.1. The Kier molecular flexibility index (Phi) is 7.87. The average molecular weight is 500 g/mol. The van der Waals surface area contributed by atoms with Gasteiger partial charge < -0.3 is 19.5 Å². The Morgan fingerprint density at radius 2 is 1.81 bits per heavy atom. The number of carboxylic acid groups (broad SMARTS) is 1. The summed E-state index contributed by atoms with van der Waals surface area (Å²) in [5.74, 6) is -0.175. The van der Waals surface area contributed by atoms with Crippen LogP contribution in [0.1, 0.15) is 83.1 Å². The summed E-state index contributed by atoms with van der Waals surface area (Å²) in [5.41, 5.74) is 0.245. The van der Waals surface area contributed by atoms with E-state index < -0.39 is 35.8 Å². The third-order valence-electron chi connectivity index (χ3n) is 6.55. The van der Waals surface area contributed by atoms with Crippen LogP contribution in [0.5, 0.6) is 5.75 Å². The van der Waals surface area contributed by atoms with E-state index in [2.05, 4.69) is 6.07 Å². The van der Waals surface area contributed by atoms with Gasteiger partial charge in [0, 0.05) is 12.1 Å². The standard InChI is InChI=1S/C27H37N3O6/c1-26(2,3)20-14-17(24(32)36-27(4,5)6)9-12-22(20)35-16-19-10-11-21(30(19)25(33)34)23(31)29-13-7-8-18(29)15-28/h9,12,14,18-19,21H,7-8,10-11,13,16H2,1-6H3,(H,33,34). The molecule has 3 rings (SSSR count). The summed E-state index contributed by atoms with van der Waals surface area (Å²) in [6.45, 7) is 12.0. The number of amides is 2.